The van der Waals surface area contributed by atoms with Gasteiger partial charge in [0.2, 0.25) is 0 Å². The summed E-state index contributed by atoms with van der Waals surface area (Å²) >= 11 is 3.35. The quantitative estimate of drug-likeness (QED) is 0.870. The first-order valence-corrected chi connectivity index (χ1v) is 6.51. The minimum atomic E-state index is -1.11. The maximum atomic E-state index is 11.4. The van der Waals surface area contributed by atoms with Gasteiger partial charge in [-0.05, 0) is 31.5 Å². The van der Waals surface area contributed by atoms with Crippen LogP contribution in [0, 0.1) is 0 Å². The Morgan fingerprint density at radius 1 is 1.32 bits per heavy atom. The molecule has 0 atom stereocenters. The molecule has 0 bridgehead atoms. The zero-order valence-corrected chi connectivity index (χ0v) is 12.4. The molecule has 0 unspecified atom stereocenters. The van der Waals surface area contributed by atoms with Gasteiger partial charge in [-0.15, -0.1) is 0 Å². The summed E-state index contributed by atoms with van der Waals surface area (Å²) in [6.45, 7) is 3.10. The lowest BCUT2D eigenvalue weighted by Crippen LogP contribution is -2.38. The fourth-order valence-electron chi connectivity index (χ4n) is 1.56. The van der Waals surface area contributed by atoms with Crippen LogP contribution in [-0.2, 0) is 16.0 Å². The molecule has 0 fully saturated rings. The monoisotopic (exact) mass is 329 g/mol. The first-order chi connectivity index (χ1) is 8.78. The van der Waals surface area contributed by atoms with Gasteiger partial charge in [-0.1, -0.05) is 28.1 Å². The molecule has 1 aromatic carbocycles. The Bertz CT molecular complexity index is 456. The van der Waals surface area contributed by atoms with E-state index >= 15 is 0 Å². The highest BCUT2D eigenvalue weighted by Crippen LogP contribution is 2.19. The summed E-state index contributed by atoms with van der Waals surface area (Å²) in [4.78, 5) is 21.7. The summed E-state index contributed by atoms with van der Waals surface area (Å²) in [6, 6.07) is 7.69. The second-order valence-corrected chi connectivity index (χ2v) is 5.62. The molecule has 0 heterocycles. The van der Waals surface area contributed by atoms with E-state index < -0.39 is 24.2 Å². The molecule has 0 aliphatic rings. The lowest BCUT2D eigenvalue weighted by atomic mass is 9.98. The maximum Gasteiger partial charge on any atom is 0.408 e. The smallest absolute Gasteiger partial charge is 0.408 e. The van der Waals surface area contributed by atoms with Gasteiger partial charge in [0.25, 0.3) is 0 Å². The van der Waals surface area contributed by atoms with Crippen LogP contribution in [-0.4, -0.2) is 29.3 Å². The largest absolute Gasteiger partial charge is 0.480 e. The molecule has 1 aromatic rings. The molecule has 0 aromatic heterocycles. The Balaban J connectivity index is 2.53. The van der Waals surface area contributed by atoms with E-state index in [1.54, 1.807) is 13.8 Å². The number of rotatable bonds is 5. The van der Waals surface area contributed by atoms with Crippen LogP contribution in [0.3, 0.4) is 0 Å². The molecular weight excluding hydrogens is 314 g/mol. The Hall–Kier alpha value is -1.56. The molecule has 0 aliphatic heterocycles. The summed E-state index contributed by atoms with van der Waals surface area (Å²) in [7, 11) is 0. The number of nitrogens with one attached hydrogen (secondary N) is 1. The minimum Gasteiger partial charge on any atom is -0.480 e. The molecule has 2 N–H and O–H groups in total. The summed E-state index contributed by atoms with van der Waals surface area (Å²) in [5.41, 5.74) is 0.315. The Kier molecular flexibility index (Phi) is 5.35. The van der Waals surface area contributed by atoms with Crippen molar-refractivity contribution in [1.82, 2.24) is 5.32 Å². The van der Waals surface area contributed by atoms with Crippen LogP contribution in [0.15, 0.2) is 28.7 Å². The van der Waals surface area contributed by atoms with Crippen LogP contribution < -0.4 is 5.32 Å². The van der Waals surface area contributed by atoms with Gasteiger partial charge < -0.3 is 15.2 Å². The molecule has 19 heavy (non-hydrogen) atoms. The van der Waals surface area contributed by atoms with Gasteiger partial charge in [0.05, 0.1) is 0 Å². The molecular formula is C13H16BrNO4. The average molecular weight is 330 g/mol. The molecule has 6 heteroatoms. The van der Waals surface area contributed by atoms with Gasteiger partial charge >= 0.3 is 12.1 Å². The van der Waals surface area contributed by atoms with E-state index in [1.165, 1.54) is 0 Å². The fourth-order valence-corrected chi connectivity index (χ4v) is 1.83. The van der Waals surface area contributed by atoms with Gasteiger partial charge in [-0.25, -0.2) is 4.79 Å². The number of hydrogen-bond donors (Lipinski definition) is 2. The van der Waals surface area contributed by atoms with E-state index in [9.17, 15) is 9.59 Å². The van der Waals surface area contributed by atoms with Crippen molar-refractivity contribution in [3.63, 3.8) is 0 Å². The fraction of sp³-hybridized carbons (Fsp3) is 0.385. The van der Waals surface area contributed by atoms with Crippen LogP contribution in [0.4, 0.5) is 4.79 Å². The van der Waals surface area contributed by atoms with Gasteiger partial charge in [-0.2, -0.15) is 0 Å². The normalized spacial score (nSPS) is 10.9. The number of hydrogen-bond acceptors (Lipinski definition) is 3. The number of carbonyl (C=O) groups excluding carboxylic acids is 1. The summed E-state index contributed by atoms with van der Waals surface area (Å²) < 4.78 is 6.18. The molecule has 0 radical (unpaired) electrons. The summed E-state index contributed by atoms with van der Waals surface area (Å²) in [5, 5.41) is 10.6. The van der Waals surface area contributed by atoms with Crippen molar-refractivity contribution in [2.75, 3.05) is 6.54 Å². The van der Waals surface area contributed by atoms with E-state index in [0.29, 0.717) is 6.42 Å². The Labute approximate surface area is 120 Å². The zero-order valence-electron chi connectivity index (χ0n) is 10.8. The van der Waals surface area contributed by atoms with Gasteiger partial charge in [0.15, 0.2) is 0 Å². The number of carbonyl (C=O) groups is 2. The van der Waals surface area contributed by atoms with Crippen molar-refractivity contribution in [1.29, 1.82) is 0 Å². The Morgan fingerprint density at radius 3 is 2.42 bits per heavy atom. The molecule has 5 nitrogen and oxygen atoms in total. The second-order valence-electron chi connectivity index (χ2n) is 4.70. The highest BCUT2D eigenvalue weighted by atomic mass is 79.9. The summed E-state index contributed by atoms with van der Waals surface area (Å²) in [5.74, 6) is -1.11. The minimum absolute atomic E-state index is 0.451. The lowest BCUT2D eigenvalue weighted by Gasteiger charge is -2.25. The van der Waals surface area contributed by atoms with Crippen molar-refractivity contribution in [2.45, 2.75) is 25.9 Å². The number of aliphatic carboxylic acids is 1. The van der Waals surface area contributed by atoms with Gasteiger partial charge in [0.1, 0.15) is 12.1 Å². The van der Waals surface area contributed by atoms with Crippen LogP contribution in [0.1, 0.15) is 19.4 Å². The number of alkyl carbamates (subject to hydrolysis) is 1. The molecule has 104 valence electrons. The molecule has 0 aliphatic carbocycles. The van der Waals surface area contributed by atoms with Crippen LogP contribution >= 0.6 is 15.9 Å². The van der Waals surface area contributed by atoms with Crippen molar-refractivity contribution in [3.05, 3.63) is 34.3 Å². The molecule has 0 saturated heterocycles. The molecule has 0 saturated carbocycles. The zero-order chi connectivity index (χ0) is 14.5. The number of carboxylic acids is 1. The predicted molar refractivity (Wildman–Crippen MR) is 74.0 cm³/mol. The van der Waals surface area contributed by atoms with Crippen LogP contribution in [0.25, 0.3) is 0 Å². The molecule has 1 amide bonds. The predicted octanol–water partition coefficient (Wildman–Crippen LogP) is 2.58. The third-order valence-corrected chi connectivity index (χ3v) is 2.82. The topological polar surface area (TPSA) is 75.6 Å². The van der Waals surface area contributed by atoms with Crippen molar-refractivity contribution in [2.24, 2.45) is 0 Å². The highest BCUT2D eigenvalue weighted by molar-refractivity contribution is 9.10. The van der Waals surface area contributed by atoms with Gasteiger partial charge in [0, 0.05) is 10.9 Å². The van der Waals surface area contributed by atoms with Crippen molar-refractivity contribution >= 4 is 28.0 Å². The molecule has 0 spiro atoms. The third kappa shape index (κ3) is 6.24. The standard InChI is InChI=1S/C13H16BrNO4/c1-13(2,19-12(18)15-8-11(16)17)7-9-3-5-10(14)6-4-9/h3-6H,7-8H2,1-2H3,(H,15,18)(H,16,17). The third-order valence-electron chi connectivity index (χ3n) is 2.30. The lowest BCUT2D eigenvalue weighted by molar-refractivity contribution is -0.136. The van der Waals surface area contributed by atoms with E-state index in [0.717, 1.165) is 10.0 Å². The first kappa shape index (κ1) is 15.5. The van der Waals surface area contributed by atoms with E-state index in [4.69, 9.17) is 9.84 Å². The van der Waals surface area contributed by atoms with E-state index in [1.807, 2.05) is 24.3 Å². The average Bonchev–Trinajstić information content (AvgIpc) is 2.28. The summed E-state index contributed by atoms with van der Waals surface area (Å²) in [6.07, 6.45) is -0.190. The second kappa shape index (κ2) is 6.56. The van der Waals surface area contributed by atoms with Crippen LogP contribution in [0.2, 0.25) is 0 Å². The van der Waals surface area contributed by atoms with Gasteiger partial charge in [-0.3, -0.25) is 4.79 Å². The van der Waals surface area contributed by atoms with Crippen LogP contribution in [0.5, 0.6) is 0 Å². The number of halogens is 1. The van der Waals surface area contributed by atoms with E-state index in [2.05, 4.69) is 21.2 Å². The SMILES string of the molecule is CC(C)(Cc1ccc(Br)cc1)OC(=O)NCC(=O)O. The molecule has 1 rings (SSSR count). The number of ether oxygens (including phenoxy) is 1. The number of benzene rings is 1. The number of amides is 1. The van der Waals surface area contributed by atoms with Crippen molar-refractivity contribution < 1.29 is 19.4 Å². The first-order valence-electron chi connectivity index (χ1n) is 5.71. The van der Waals surface area contributed by atoms with E-state index in [-0.39, 0.29) is 0 Å². The maximum absolute atomic E-state index is 11.4. The number of carboxylic acid groups (broad SMARTS) is 1. The van der Waals surface area contributed by atoms with Crippen molar-refractivity contribution in [3.8, 4) is 0 Å². The highest BCUT2D eigenvalue weighted by Gasteiger charge is 2.23. The Morgan fingerprint density at radius 2 is 1.89 bits per heavy atom.